The summed E-state index contributed by atoms with van der Waals surface area (Å²) < 4.78 is 0. The highest BCUT2D eigenvalue weighted by Crippen LogP contribution is 2.28. The van der Waals surface area contributed by atoms with Crippen molar-refractivity contribution in [3.8, 4) is 11.5 Å². The van der Waals surface area contributed by atoms with Crippen molar-refractivity contribution in [2.24, 2.45) is 0 Å². The fraction of sp³-hybridized carbons (Fsp3) is 0.214. The van der Waals surface area contributed by atoms with E-state index in [9.17, 15) is 10.2 Å². The molecule has 1 aromatic carbocycles. The number of rotatable bonds is 4. The monoisotopic (exact) mass is 244 g/mol. The van der Waals surface area contributed by atoms with Crippen LogP contribution in [-0.4, -0.2) is 15.2 Å². The van der Waals surface area contributed by atoms with Crippen molar-refractivity contribution in [1.29, 1.82) is 0 Å². The summed E-state index contributed by atoms with van der Waals surface area (Å²) in [5, 5.41) is 22.3. The van der Waals surface area contributed by atoms with E-state index >= 15 is 0 Å². The first-order valence-electron chi connectivity index (χ1n) is 5.82. The Balaban J connectivity index is 2.02. The molecule has 1 aromatic heterocycles. The van der Waals surface area contributed by atoms with Crippen LogP contribution in [0.1, 0.15) is 24.2 Å². The quantitative estimate of drug-likeness (QED) is 0.722. The summed E-state index contributed by atoms with van der Waals surface area (Å²) in [6.07, 6.45) is 1.75. The van der Waals surface area contributed by atoms with Crippen molar-refractivity contribution in [1.82, 2.24) is 10.3 Å². The first kappa shape index (κ1) is 12.4. The number of phenols is 2. The van der Waals surface area contributed by atoms with Gasteiger partial charge in [0.1, 0.15) is 0 Å². The smallest absolute Gasteiger partial charge is 0.161 e. The summed E-state index contributed by atoms with van der Waals surface area (Å²) in [5.41, 5.74) is 1.61. The molecule has 1 heterocycles. The molecule has 4 nitrogen and oxygen atoms in total. The maximum absolute atomic E-state index is 9.68. The summed E-state index contributed by atoms with van der Waals surface area (Å²) in [5.74, 6) is -0.169. The number of aromatic hydroxyl groups is 2. The van der Waals surface area contributed by atoms with Crippen LogP contribution in [0.2, 0.25) is 0 Å². The van der Waals surface area contributed by atoms with Gasteiger partial charge in [0.25, 0.3) is 0 Å². The number of nitrogens with zero attached hydrogens (tertiary/aromatic N) is 1. The van der Waals surface area contributed by atoms with Crippen LogP contribution < -0.4 is 5.32 Å². The van der Waals surface area contributed by atoms with Crippen molar-refractivity contribution in [3.05, 3.63) is 53.9 Å². The maximum atomic E-state index is 9.68. The largest absolute Gasteiger partial charge is 0.504 e. The Morgan fingerprint density at radius 3 is 2.72 bits per heavy atom. The van der Waals surface area contributed by atoms with Gasteiger partial charge in [-0.05, 0) is 25.1 Å². The van der Waals surface area contributed by atoms with Gasteiger partial charge in [-0.15, -0.1) is 0 Å². The molecule has 3 N–H and O–H groups in total. The van der Waals surface area contributed by atoms with Gasteiger partial charge in [0, 0.05) is 24.3 Å². The number of phenolic OH excluding ortho intramolecular Hbond substituents is 2. The van der Waals surface area contributed by atoms with E-state index in [1.807, 2.05) is 25.1 Å². The molecule has 94 valence electrons. The number of hydrogen-bond donors (Lipinski definition) is 3. The number of pyridine rings is 1. The highest BCUT2D eigenvalue weighted by molar-refractivity contribution is 5.44. The van der Waals surface area contributed by atoms with Crippen LogP contribution in [0.3, 0.4) is 0 Å². The predicted molar refractivity (Wildman–Crippen MR) is 69.3 cm³/mol. The van der Waals surface area contributed by atoms with Gasteiger partial charge in [-0.25, -0.2) is 0 Å². The molecule has 1 atom stereocenters. The molecule has 0 amide bonds. The van der Waals surface area contributed by atoms with Crippen LogP contribution in [0.15, 0.2) is 42.6 Å². The lowest BCUT2D eigenvalue weighted by atomic mass is 10.1. The molecular weight excluding hydrogens is 228 g/mol. The van der Waals surface area contributed by atoms with Crippen LogP contribution in [0, 0.1) is 0 Å². The van der Waals surface area contributed by atoms with Gasteiger partial charge in [-0.1, -0.05) is 18.2 Å². The van der Waals surface area contributed by atoms with Gasteiger partial charge >= 0.3 is 0 Å². The third kappa shape index (κ3) is 2.78. The molecule has 0 fully saturated rings. The lowest BCUT2D eigenvalue weighted by Gasteiger charge is -2.14. The van der Waals surface area contributed by atoms with Gasteiger partial charge in [0.15, 0.2) is 11.5 Å². The summed E-state index contributed by atoms with van der Waals surface area (Å²) in [6, 6.07) is 10.8. The Kier molecular flexibility index (Phi) is 3.79. The molecule has 0 unspecified atom stereocenters. The zero-order valence-corrected chi connectivity index (χ0v) is 10.2. The van der Waals surface area contributed by atoms with Crippen molar-refractivity contribution in [2.45, 2.75) is 19.5 Å². The second-order valence-corrected chi connectivity index (χ2v) is 4.14. The first-order valence-corrected chi connectivity index (χ1v) is 5.82. The van der Waals surface area contributed by atoms with Crippen LogP contribution in [-0.2, 0) is 6.54 Å². The standard InChI is InChI=1S/C14H16N2O2/c1-10(12-6-2-3-8-15-12)16-9-11-5-4-7-13(17)14(11)18/h2-8,10,16-18H,9H2,1H3/t10-/m0/s1. The Labute approximate surface area is 106 Å². The molecule has 4 heteroatoms. The van der Waals surface area contributed by atoms with Crippen LogP contribution in [0.25, 0.3) is 0 Å². The fourth-order valence-corrected chi connectivity index (χ4v) is 1.72. The van der Waals surface area contributed by atoms with Crippen LogP contribution in [0.5, 0.6) is 11.5 Å². The Hall–Kier alpha value is -2.07. The van der Waals surface area contributed by atoms with Gasteiger partial charge in [-0.3, -0.25) is 4.98 Å². The predicted octanol–water partition coefficient (Wildman–Crippen LogP) is 2.34. The molecule has 0 bridgehead atoms. The summed E-state index contributed by atoms with van der Waals surface area (Å²) in [4.78, 5) is 4.26. The van der Waals surface area contributed by atoms with E-state index < -0.39 is 0 Å². The highest BCUT2D eigenvalue weighted by atomic mass is 16.3. The summed E-state index contributed by atoms with van der Waals surface area (Å²) >= 11 is 0. The normalized spacial score (nSPS) is 12.3. The van der Waals surface area contributed by atoms with Crippen molar-refractivity contribution >= 4 is 0 Å². The summed E-state index contributed by atoms with van der Waals surface area (Å²) in [6.45, 7) is 2.47. The van der Waals surface area contributed by atoms with E-state index in [-0.39, 0.29) is 17.5 Å². The molecule has 2 aromatic rings. The van der Waals surface area contributed by atoms with Gasteiger partial charge in [0.05, 0.1) is 5.69 Å². The van der Waals surface area contributed by atoms with E-state index in [4.69, 9.17) is 0 Å². The van der Waals surface area contributed by atoms with Crippen LogP contribution in [0.4, 0.5) is 0 Å². The number of aromatic nitrogens is 1. The zero-order chi connectivity index (χ0) is 13.0. The number of benzene rings is 1. The third-order valence-corrected chi connectivity index (χ3v) is 2.83. The van der Waals surface area contributed by atoms with Gasteiger partial charge in [0.2, 0.25) is 0 Å². The Bertz CT molecular complexity index is 514. The maximum Gasteiger partial charge on any atom is 0.161 e. The lowest BCUT2D eigenvalue weighted by molar-refractivity contribution is 0.396. The SMILES string of the molecule is C[C@H](NCc1cccc(O)c1O)c1ccccn1. The minimum absolute atomic E-state index is 0.0711. The molecule has 0 saturated carbocycles. The van der Waals surface area contributed by atoms with E-state index in [2.05, 4.69) is 10.3 Å². The van der Waals surface area contributed by atoms with Crippen molar-refractivity contribution < 1.29 is 10.2 Å². The fourth-order valence-electron chi connectivity index (χ4n) is 1.72. The number of hydrogen-bond acceptors (Lipinski definition) is 4. The lowest BCUT2D eigenvalue weighted by Crippen LogP contribution is -2.19. The molecule has 18 heavy (non-hydrogen) atoms. The molecular formula is C14H16N2O2. The molecule has 0 aliphatic rings. The Morgan fingerprint density at radius 2 is 2.00 bits per heavy atom. The number of para-hydroxylation sites is 1. The first-order chi connectivity index (χ1) is 8.68. The molecule has 0 aliphatic carbocycles. The van der Waals surface area contributed by atoms with Crippen LogP contribution >= 0.6 is 0 Å². The molecule has 0 aliphatic heterocycles. The second-order valence-electron chi connectivity index (χ2n) is 4.14. The topological polar surface area (TPSA) is 65.4 Å². The van der Waals surface area contributed by atoms with Gasteiger partial charge < -0.3 is 15.5 Å². The molecule has 0 spiro atoms. The van der Waals surface area contributed by atoms with E-state index in [0.29, 0.717) is 12.1 Å². The van der Waals surface area contributed by atoms with Crippen molar-refractivity contribution in [3.63, 3.8) is 0 Å². The van der Waals surface area contributed by atoms with E-state index in [0.717, 1.165) is 5.69 Å². The minimum atomic E-state index is -0.0974. The molecule has 2 rings (SSSR count). The Morgan fingerprint density at radius 1 is 1.17 bits per heavy atom. The second kappa shape index (κ2) is 5.51. The van der Waals surface area contributed by atoms with Gasteiger partial charge in [-0.2, -0.15) is 0 Å². The number of nitrogens with one attached hydrogen (secondary N) is 1. The van der Waals surface area contributed by atoms with E-state index in [1.54, 1.807) is 18.3 Å². The minimum Gasteiger partial charge on any atom is -0.504 e. The zero-order valence-electron chi connectivity index (χ0n) is 10.2. The highest BCUT2D eigenvalue weighted by Gasteiger charge is 2.09. The average molecular weight is 244 g/mol. The molecule has 0 saturated heterocycles. The third-order valence-electron chi connectivity index (χ3n) is 2.83. The van der Waals surface area contributed by atoms with Crippen molar-refractivity contribution in [2.75, 3.05) is 0 Å². The summed E-state index contributed by atoms with van der Waals surface area (Å²) in [7, 11) is 0. The van der Waals surface area contributed by atoms with E-state index in [1.165, 1.54) is 6.07 Å². The molecule has 0 radical (unpaired) electrons. The average Bonchev–Trinajstić information content (AvgIpc) is 2.41.